The van der Waals surface area contributed by atoms with E-state index in [2.05, 4.69) is 19.1 Å². The highest BCUT2D eigenvalue weighted by molar-refractivity contribution is 5.96. The highest BCUT2D eigenvalue weighted by Crippen LogP contribution is 2.33. The molecule has 2 aromatic carbocycles. The van der Waals surface area contributed by atoms with Crippen molar-refractivity contribution in [2.75, 3.05) is 18.6 Å². The van der Waals surface area contributed by atoms with Crippen LogP contribution in [-0.4, -0.2) is 35.1 Å². The fourth-order valence-corrected chi connectivity index (χ4v) is 3.81. The number of carbonyl (C=O) groups is 2. The number of para-hydroxylation sites is 2. The maximum atomic E-state index is 12.7. The van der Waals surface area contributed by atoms with Crippen molar-refractivity contribution >= 4 is 28.6 Å². The molecule has 1 saturated heterocycles. The zero-order valence-electron chi connectivity index (χ0n) is 16.1. The number of nitrogens with zero attached hydrogens (tertiary/aromatic N) is 3. The lowest BCUT2D eigenvalue weighted by molar-refractivity contribution is -0.141. The van der Waals surface area contributed by atoms with Crippen LogP contribution in [0.2, 0.25) is 0 Å². The van der Waals surface area contributed by atoms with Gasteiger partial charge in [0.15, 0.2) is 0 Å². The number of hydrogen-bond acceptors (Lipinski definition) is 4. The number of fused-ring (bicyclic) bond motifs is 1. The van der Waals surface area contributed by atoms with Crippen molar-refractivity contribution in [1.29, 1.82) is 0 Å². The van der Waals surface area contributed by atoms with Crippen LogP contribution in [-0.2, 0) is 27.3 Å². The normalized spacial score (nSPS) is 16.7. The van der Waals surface area contributed by atoms with Gasteiger partial charge >= 0.3 is 5.97 Å². The van der Waals surface area contributed by atoms with Crippen LogP contribution in [0.3, 0.4) is 0 Å². The summed E-state index contributed by atoms with van der Waals surface area (Å²) < 4.78 is 6.74. The van der Waals surface area contributed by atoms with Gasteiger partial charge in [-0.05, 0) is 36.2 Å². The standard InChI is InChI=1S/C22H23N3O3/c1-3-15-8-10-17(11-9-15)24-13-16(12-20(24)26)22-23-18-6-4-5-7-19(18)25(22)14-21(27)28-2/h4-11,16H,3,12-14H2,1-2H3. The first-order valence-electron chi connectivity index (χ1n) is 9.52. The zero-order chi connectivity index (χ0) is 19.7. The zero-order valence-corrected chi connectivity index (χ0v) is 16.1. The van der Waals surface area contributed by atoms with E-state index >= 15 is 0 Å². The summed E-state index contributed by atoms with van der Waals surface area (Å²) >= 11 is 0. The van der Waals surface area contributed by atoms with Gasteiger partial charge in [0, 0.05) is 24.6 Å². The van der Waals surface area contributed by atoms with E-state index in [1.54, 1.807) is 0 Å². The predicted octanol–water partition coefficient (Wildman–Crippen LogP) is 3.29. The smallest absolute Gasteiger partial charge is 0.325 e. The molecule has 3 aromatic rings. The third-order valence-electron chi connectivity index (χ3n) is 5.35. The molecule has 6 nitrogen and oxygen atoms in total. The summed E-state index contributed by atoms with van der Waals surface area (Å²) in [5.74, 6) is 0.426. The Labute approximate surface area is 163 Å². The first-order valence-corrected chi connectivity index (χ1v) is 9.52. The number of rotatable bonds is 5. The average molecular weight is 377 g/mol. The number of hydrogen-bond donors (Lipinski definition) is 0. The van der Waals surface area contributed by atoms with Crippen LogP contribution in [0.1, 0.15) is 30.7 Å². The molecule has 0 saturated carbocycles. The molecule has 0 aliphatic carbocycles. The van der Waals surface area contributed by atoms with Crippen molar-refractivity contribution in [1.82, 2.24) is 9.55 Å². The number of carbonyl (C=O) groups excluding carboxylic acids is 2. The van der Waals surface area contributed by atoms with Gasteiger partial charge in [-0.25, -0.2) is 4.98 Å². The van der Waals surface area contributed by atoms with Crippen molar-refractivity contribution in [2.45, 2.75) is 32.2 Å². The lowest BCUT2D eigenvalue weighted by atomic mass is 10.1. The largest absolute Gasteiger partial charge is 0.468 e. The molecular formula is C22H23N3O3. The fraction of sp³-hybridized carbons (Fsp3) is 0.318. The Morgan fingerprint density at radius 2 is 1.93 bits per heavy atom. The summed E-state index contributed by atoms with van der Waals surface area (Å²) in [6.07, 6.45) is 1.34. The van der Waals surface area contributed by atoms with Crippen LogP contribution in [0.5, 0.6) is 0 Å². The number of aryl methyl sites for hydroxylation is 1. The Morgan fingerprint density at radius 1 is 1.18 bits per heavy atom. The van der Waals surface area contributed by atoms with Crippen molar-refractivity contribution in [3.05, 3.63) is 59.9 Å². The second-order valence-electron chi connectivity index (χ2n) is 7.05. The molecule has 144 valence electrons. The van der Waals surface area contributed by atoms with Crippen molar-refractivity contribution in [3.8, 4) is 0 Å². The van der Waals surface area contributed by atoms with Gasteiger partial charge in [0.25, 0.3) is 0 Å². The molecule has 4 rings (SSSR count). The molecule has 0 bridgehead atoms. The monoisotopic (exact) mass is 377 g/mol. The van der Waals surface area contributed by atoms with Gasteiger partial charge in [0.1, 0.15) is 12.4 Å². The third-order valence-corrected chi connectivity index (χ3v) is 5.35. The van der Waals surface area contributed by atoms with E-state index in [1.165, 1.54) is 12.7 Å². The highest BCUT2D eigenvalue weighted by atomic mass is 16.5. The van der Waals surface area contributed by atoms with Gasteiger partial charge in [0.2, 0.25) is 5.91 Å². The number of methoxy groups -OCH3 is 1. The lowest BCUT2D eigenvalue weighted by Gasteiger charge is -2.17. The Bertz CT molecular complexity index is 1020. The minimum absolute atomic E-state index is 0.0737. The first-order chi connectivity index (χ1) is 13.6. The molecule has 1 amide bonds. The van der Waals surface area contributed by atoms with Crippen LogP contribution in [0.25, 0.3) is 11.0 Å². The van der Waals surface area contributed by atoms with Crippen LogP contribution in [0.15, 0.2) is 48.5 Å². The third kappa shape index (κ3) is 3.26. The maximum Gasteiger partial charge on any atom is 0.325 e. The molecule has 0 radical (unpaired) electrons. The average Bonchev–Trinajstić information content (AvgIpc) is 3.28. The number of imidazole rings is 1. The van der Waals surface area contributed by atoms with Crippen LogP contribution < -0.4 is 4.90 Å². The van der Waals surface area contributed by atoms with Gasteiger partial charge in [-0.2, -0.15) is 0 Å². The topological polar surface area (TPSA) is 64.4 Å². The van der Waals surface area contributed by atoms with E-state index < -0.39 is 0 Å². The van der Waals surface area contributed by atoms with Gasteiger partial charge in [0.05, 0.1) is 18.1 Å². The van der Waals surface area contributed by atoms with E-state index in [1.807, 2.05) is 45.9 Å². The van der Waals surface area contributed by atoms with Crippen molar-refractivity contribution < 1.29 is 14.3 Å². The number of aromatic nitrogens is 2. The molecule has 1 aromatic heterocycles. The van der Waals surface area contributed by atoms with E-state index in [4.69, 9.17) is 9.72 Å². The molecule has 1 aliphatic heterocycles. The molecule has 0 N–H and O–H groups in total. The number of benzene rings is 2. The maximum absolute atomic E-state index is 12.7. The second kappa shape index (κ2) is 7.46. The number of anilines is 1. The summed E-state index contributed by atoms with van der Waals surface area (Å²) in [5.41, 5.74) is 3.84. The van der Waals surface area contributed by atoms with Gasteiger partial charge in [-0.15, -0.1) is 0 Å². The summed E-state index contributed by atoms with van der Waals surface area (Å²) in [6, 6.07) is 15.8. The minimum atomic E-state index is -0.333. The Kier molecular flexibility index (Phi) is 4.86. The quantitative estimate of drug-likeness (QED) is 0.640. The Balaban J connectivity index is 1.67. The van der Waals surface area contributed by atoms with E-state index in [-0.39, 0.29) is 24.3 Å². The van der Waals surface area contributed by atoms with Crippen molar-refractivity contribution in [3.63, 3.8) is 0 Å². The van der Waals surface area contributed by atoms with Crippen LogP contribution in [0.4, 0.5) is 5.69 Å². The van der Waals surface area contributed by atoms with Crippen molar-refractivity contribution in [2.24, 2.45) is 0 Å². The number of ether oxygens (including phenoxy) is 1. The SMILES string of the molecule is CCc1ccc(N2CC(c3nc4ccccc4n3CC(=O)OC)CC2=O)cc1. The van der Waals surface area contributed by atoms with Crippen LogP contribution in [0, 0.1) is 0 Å². The molecule has 1 atom stereocenters. The van der Waals surface area contributed by atoms with Crippen LogP contribution >= 0.6 is 0 Å². The Morgan fingerprint density at radius 3 is 2.64 bits per heavy atom. The predicted molar refractivity (Wildman–Crippen MR) is 107 cm³/mol. The molecule has 0 spiro atoms. The lowest BCUT2D eigenvalue weighted by Crippen LogP contribution is -2.24. The van der Waals surface area contributed by atoms with E-state index in [0.29, 0.717) is 13.0 Å². The van der Waals surface area contributed by atoms with E-state index in [0.717, 1.165) is 29.0 Å². The molecule has 2 heterocycles. The molecule has 6 heteroatoms. The molecule has 1 unspecified atom stereocenters. The van der Waals surface area contributed by atoms with E-state index in [9.17, 15) is 9.59 Å². The minimum Gasteiger partial charge on any atom is -0.468 e. The highest BCUT2D eigenvalue weighted by Gasteiger charge is 2.35. The summed E-state index contributed by atoms with van der Waals surface area (Å²) in [7, 11) is 1.38. The second-order valence-corrected chi connectivity index (χ2v) is 7.05. The summed E-state index contributed by atoms with van der Waals surface area (Å²) in [4.78, 5) is 31.2. The molecule has 28 heavy (non-hydrogen) atoms. The van der Waals surface area contributed by atoms with Gasteiger partial charge in [-0.3, -0.25) is 9.59 Å². The first kappa shape index (κ1) is 18.2. The fourth-order valence-electron chi connectivity index (χ4n) is 3.81. The molecule has 1 aliphatic rings. The number of amides is 1. The summed E-state index contributed by atoms with van der Waals surface area (Å²) in [5, 5.41) is 0. The Hall–Kier alpha value is -3.15. The summed E-state index contributed by atoms with van der Waals surface area (Å²) in [6.45, 7) is 2.74. The number of esters is 1. The van der Waals surface area contributed by atoms with Gasteiger partial charge in [-0.1, -0.05) is 31.2 Å². The molecule has 1 fully saturated rings. The van der Waals surface area contributed by atoms with Gasteiger partial charge < -0.3 is 14.2 Å². The molecular weight excluding hydrogens is 354 g/mol.